The lowest BCUT2D eigenvalue weighted by molar-refractivity contribution is 0.379. The first-order chi connectivity index (χ1) is 20.3. The summed E-state index contributed by atoms with van der Waals surface area (Å²) >= 11 is 0. The molecule has 222 valence electrons. The molecular weight excluding hydrogens is 558 g/mol. The van der Waals surface area contributed by atoms with Crippen molar-refractivity contribution in [3.8, 4) is 22.6 Å². The summed E-state index contributed by atoms with van der Waals surface area (Å²) in [5.74, 6) is 1.02. The first kappa shape index (κ1) is 30.2. The summed E-state index contributed by atoms with van der Waals surface area (Å²) in [6, 6.07) is 26.9. The van der Waals surface area contributed by atoms with Gasteiger partial charge in [-0.15, -0.1) is 0 Å². The van der Waals surface area contributed by atoms with Crippen LogP contribution in [0.15, 0.2) is 101 Å². The molecule has 0 N–H and O–H groups in total. The van der Waals surface area contributed by atoms with Crippen LogP contribution in [0.4, 0.5) is 0 Å². The molecule has 0 saturated carbocycles. The van der Waals surface area contributed by atoms with Crippen molar-refractivity contribution in [3.05, 3.63) is 118 Å². The fourth-order valence-corrected chi connectivity index (χ4v) is 6.46. The fourth-order valence-electron chi connectivity index (χ4n) is 5.14. The van der Waals surface area contributed by atoms with Crippen LogP contribution in [0.2, 0.25) is 0 Å². The van der Waals surface area contributed by atoms with Crippen LogP contribution in [0.5, 0.6) is 5.75 Å². The summed E-state index contributed by atoms with van der Waals surface area (Å²) in [6.07, 6.45) is 0. The number of ether oxygens (including phenoxy) is 1. The van der Waals surface area contributed by atoms with E-state index in [1.54, 1.807) is 32.2 Å². The predicted molar refractivity (Wildman–Crippen MR) is 173 cm³/mol. The van der Waals surface area contributed by atoms with Gasteiger partial charge >= 0.3 is 0 Å². The second-order valence-electron chi connectivity index (χ2n) is 11.8. The number of hydrogen-bond acceptors (Lipinski definition) is 5. The van der Waals surface area contributed by atoms with Gasteiger partial charge in [-0.1, -0.05) is 74.9 Å². The van der Waals surface area contributed by atoms with E-state index in [4.69, 9.17) is 9.72 Å². The molecule has 0 radical (unpaired) electrons. The van der Waals surface area contributed by atoms with Gasteiger partial charge < -0.3 is 4.74 Å². The van der Waals surface area contributed by atoms with Gasteiger partial charge in [0, 0.05) is 12.6 Å². The van der Waals surface area contributed by atoms with Crippen molar-refractivity contribution in [2.75, 3.05) is 14.2 Å². The van der Waals surface area contributed by atoms with Gasteiger partial charge in [-0.05, 0) is 72.9 Å². The van der Waals surface area contributed by atoms with E-state index in [1.165, 1.54) is 15.9 Å². The normalized spacial score (nSPS) is 12.9. The van der Waals surface area contributed by atoms with Crippen LogP contribution in [0.1, 0.15) is 50.7 Å². The number of methoxy groups -OCH3 is 1. The van der Waals surface area contributed by atoms with E-state index in [0.29, 0.717) is 28.2 Å². The maximum absolute atomic E-state index is 14.3. The van der Waals surface area contributed by atoms with E-state index in [-0.39, 0.29) is 15.9 Å². The molecule has 8 heteroatoms. The predicted octanol–water partition coefficient (Wildman–Crippen LogP) is 7.05. The number of para-hydroxylation sites is 1. The second kappa shape index (κ2) is 11.4. The maximum atomic E-state index is 14.3. The Morgan fingerprint density at radius 1 is 0.907 bits per heavy atom. The Morgan fingerprint density at radius 3 is 2.19 bits per heavy atom. The third kappa shape index (κ3) is 5.72. The number of aromatic nitrogens is 2. The van der Waals surface area contributed by atoms with Gasteiger partial charge in [-0.25, -0.2) is 13.4 Å². The van der Waals surface area contributed by atoms with E-state index in [9.17, 15) is 13.2 Å². The standard InChI is InChI=1S/C35H37N3O4S/c1-23-12-17-27(18-13-23)38-33(24(2)37(6)43(40,41)28-19-15-26(16-20-28)35(3,4)5)36-31-21-14-25(22-30(31)34(38)39)29-10-8-9-11-32(29)42-7/h8-22,24H,1-7H3. The van der Waals surface area contributed by atoms with Gasteiger partial charge in [0.05, 0.1) is 34.6 Å². The van der Waals surface area contributed by atoms with E-state index in [1.807, 2.05) is 79.7 Å². The summed E-state index contributed by atoms with van der Waals surface area (Å²) in [5, 5.41) is 0.420. The summed E-state index contributed by atoms with van der Waals surface area (Å²) in [7, 11) is -0.767. The van der Waals surface area contributed by atoms with Crippen LogP contribution in [0, 0.1) is 6.92 Å². The minimum Gasteiger partial charge on any atom is -0.496 e. The molecule has 0 aliphatic carbocycles. The highest BCUT2D eigenvalue weighted by atomic mass is 32.2. The van der Waals surface area contributed by atoms with Crippen LogP contribution in [0.3, 0.4) is 0 Å². The Balaban J connectivity index is 1.66. The lowest BCUT2D eigenvalue weighted by atomic mass is 9.87. The molecule has 4 aromatic carbocycles. The molecule has 0 aliphatic rings. The van der Waals surface area contributed by atoms with Gasteiger partial charge in [-0.3, -0.25) is 9.36 Å². The van der Waals surface area contributed by atoms with Crippen LogP contribution in [-0.2, 0) is 15.4 Å². The highest BCUT2D eigenvalue weighted by molar-refractivity contribution is 7.89. The number of fused-ring (bicyclic) bond motifs is 1. The largest absolute Gasteiger partial charge is 0.496 e. The van der Waals surface area contributed by atoms with Crippen molar-refractivity contribution in [3.63, 3.8) is 0 Å². The summed E-state index contributed by atoms with van der Waals surface area (Å²) < 4.78 is 36.0. The number of rotatable bonds is 7. The SMILES string of the molecule is COc1ccccc1-c1ccc2nc(C(C)N(C)S(=O)(=O)c3ccc(C(C)(C)C)cc3)n(-c3ccc(C)cc3)c(=O)c2c1. The topological polar surface area (TPSA) is 81.5 Å². The molecule has 1 atom stereocenters. The Bertz CT molecular complexity index is 1960. The number of benzene rings is 4. The highest BCUT2D eigenvalue weighted by Gasteiger charge is 2.30. The summed E-state index contributed by atoms with van der Waals surface area (Å²) in [6.45, 7) is 9.97. The molecular formula is C35H37N3O4S. The average Bonchev–Trinajstić information content (AvgIpc) is 3.00. The van der Waals surface area contributed by atoms with Crippen molar-refractivity contribution < 1.29 is 13.2 Å². The Labute approximate surface area is 253 Å². The monoisotopic (exact) mass is 595 g/mol. The highest BCUT2D eigenvalue weighted by Crippen LogP contribution is 2.33. The first-order valence-electron chi connectivity index (χ1n) is 14.2. The van der Waals surface area contributed by atoms with Crippen molar-refractivity contribution in [2.45, 2.75) is 51.0 Å². The van der Waals surface area contributed by atoms with Crippen LogP contribution in [-0.4, -0.2) is 36.4 Å². The minimum atomic E-state index is -3.91. The molecule has 7 nitrogen and oxygen atoms in total. The van der Waals surface area contributed by atoms with Gasteiger partial charge in [0.15, 0.2) is 0 Å². The van der Waals surface area contributed by atoms with Gasteiger partial charge in [-0.2, -0.15) is 4.31 Å². The van der Waals surface area contributed by atoms with Crippen molar-refractivity contribution in [1.29, 1.82) is 0 Å². The molecule has 1 heterocycles. The van der Waals surface area contributed by atoms with Crippen molar-refractivity contribution in [2.24, 2.45) is 0 Å². The molecule has 0 aliphatic heterocycles. The zero-order chi connectivity index (χ0) is 31.1. The molecule has 5 aromatic rings. The fraction of sp³-hybridized carbons (Fsp3) is 0.257. The zero-order valence-corrected chi connectivity index (χ0v) is 26.4. The maximum Gasteiger partial charge on any atom is 0.266 e. The Morgan fingerprint density at radius 2 is 1.56 bits per heavy atom. The van der Waals surface area contributed by atoms with Gasteiger partial charge in [0.25, 0.3) is 5.56 Å². The van der Waals surface area contributed by atoms with E-state index < -0.39 is 16.1 Å². The number of aryl methyl sites for hydroxylation is 1. The van der Waals surface area contributed by atoms with E-state index >= 15 is 0 Å². The molecule has 0 spiro atoms. The molecule has 0 saturated heterocycles. The average molecular weight is 596 g/mol. The number of hydrogen-bond donors (Lipinski definition) is 0. The van der Waals surface area contributed by atoms with Crippen molar-refractivity contribution in [1.82, 2.24) is 13.9 Å². The Kier molecular flexibility index (Phi) is 8.03. The molecule has 5 rings (SSSR count). The summed E-state index contributed by atoms with van der Waals surface area (Å²) in [5.41, 5.74) is 4.45. The molecule has 1 aromatic heterocycles. The van der Waals surface area contributed by atoms with Gasteiger partial charge in [0.1, 0.15) is 11.6 Å². The molecule has 0 fully saturated rings. The third-order valence-corrected chi connectivity index (χ3v) is 9.86. The zero-order valence-electron chi connectivity index (χ0n) is 25.6. The lowest BCUT2D eigenvalue weighted by Gasteiger charge is -2.27. The lowest BCUT2D eigenvalue weighted by Crippen LogP contribution is -2.35. The van der Waals surface area contributed by atoms with Gasteiger partial charge in [0.2, 0.25) is 10.0 Å². The number of nitrogens with zero attached hydrogens (tertiary/aromatic N) is 3. The van der Waals surface area contributed by atoms with Crippen LogP contribution >= 0.6 is 0 Å². The third-order valence-electron chi connectivity index (χ3n) is 7.92. The molecule has 0 bridgehead atoms. The van der Waals surface area contributed by atoms with Crippen LogP contribution < -0.4 is 10.3 Å². The van der Waals surface area contributed by atoms with Crippen molar-refractivity contribution >= 4 is 20.9 Å². The molecule has 1 unspecified atom stereocenters. The quantitative estimate of drug-likeness (QED) is 0.201. The Hall–Kier alpha value is -4.27. The number of sulfonamides is 1. The second-order valence-corrected chi connectivity index (χ2v) is 13.8. The van der Waals surface area contributed by atoms with Crippen LogP contribution in [0.25, 0.3) is 27.7 Å². The minimum absolute atomic E-state index is 0.105. The first-order valence-corrected chi connectivity index (χ1v) is 15.6. The summed E-state index contributed by atoms with van der Waals surface area (Å²) in [4.78, 5) is 19.4. The smallest absolute Gasteiger partial charge is 0.266 e. The molecule has 0 amide bonds. The van der Waals surface area contributed by atoms with E-state index in [0.717, 1.165) is 22.3 Å². The molecule has 43 heavy (non-hydrogen) atoms. The van der Waals surface area contributed by atoms with E-state index in [2.05, 4.69) is 20.8 Å².